The Balaban J connectivity index is 2.80. The van der Waals surface area contributed by atoms with Crippen molar-refractivity contribution in [3.8, 4) is 5.75 Å². The standard InChI is InChI=1S/C12H15NO2/c1-3-15-11-6-4-10(5-7-11)12(14)8-9(2)13/h4-8H,3,13H2,1-2H3. The number of rotatable bonds is 4. The van der Waals surface area contributed by atoms with Gasteiger partial charge in [-0.05, 0) is 38.1 Å². The summed E-state index contributed by atoms with van der Waals surface area (Å²) in [5, 5.41) is 0. The molecule has 0 aliphatic rings. The molecule has 15 heavy (non-hydrogen) atoms. The molecule has 3 heteroatoms. The first-order valence-corrected chi connectivity index (χ1v) is 4.84. The van der Waals surface area contributed by atoms with Gasteiger partial charge in [0, 0.05) is 17.3 Å². The van der Waals surface area contributed by atoms with Gasteiger partial charge in [0.2, 0.25) is 0 Å². The van der Waals surface area contributed by atoms with Crippen LogP contribution in [0.2, 0.25) is 0 Å². The number of ether oxygens (including phenoxy) is 1. The third-order valence-electron chi connectivity index (χ3n) is 1.81. The van der Waals surface area contributed by atoms with Gasteiger partial charge < -0.3 is 10.5 Å². The molecule has 1 aromatic carbocycles. The molecule has 0 fully saturated rings. The summed E-state index contributed by atoms with van der Waals surface area (Å²) in [5.41, 5.74) is 6.55. The Kier molecular flexibility index (Phi) is 3.92. The topological polar surface area (TPSA) is 52.3 Å². The van der Waals surface area contributed by atoms with Gasteiger partial charge in [-0.25, -0.2) is 0 Å². The highest BCUT2D eigenvalue weighted by Crippen LogP contribution is 2.12. The van der Waals surface area contributed by atoms with Crippen molar-refractivity contribution in [2.24, 2.45) is 5.73 Å². The van der Waals surface area contributed by atoms with Crippen LogP contribution >= 0.6 is 0 Å². The summed E-state index contributed by atoms with van der Waals surface area (Å²) in [6.07, 6.45) is 1.41. The first-order valence-electron chi connectivity index (χ1n) is 4.84. The molecule has 0 radical (unpaired) electrons. The molecule has 0 aliphatic heterocycles. The van der Waals surface area contributed by atoms with Crippen LogP contribution in [-0.2, 0) is 0 Å². The average Bonchev–Trinajstić information content (AvgIpc) is 2.18. The summed E-state index contributed by atoms with van der Waals surface area (Å²) < 4.78 is 5.27. The van der Waals surface area contributed by atoms with Crippen molar-refractivity contribution in [1.82, 2.24) is 0 Å². The number of nitrogens with two attached hydrogens (primary N) is 1. The lowest BCUT2D eigenvalue weighted by Gasteiger charge is -2.02. The number of benzene rings is 1. The number of carbonyl (C=O) groups excluding carboxylic acids is 1. The fraction of sp³-hybridized carbons (Fsp3) is 0.250. The molecule has 0 heterocycles. The molecule has 1 rings (SSSR count). The molecule has 80 valence electrons. The Bertz CT molecular complexity index is 362. The highest BCUT2D eigenvalue weighted by molar-refractivity contribution is 6.04. The lowest BCUT2D eigenvalue weighted by molar-refractivity contribution is 0.104. The summed E-state index contributed by atoms with van der Waals surface area (Å²) in [6.45, 7) is 4.22. The molecule has 0 bridgehead atoms. The highest BCUT2D eigenvalue weighted by atomic mass is 16.5. The fourth-order valence-electron chi connectivity index (χ4n) is 1.17. The molecule has 0 atom stereocenters. The van der Waals surface area contributed by atoms with Gasteiger partial charge in [0.15, 0.2) is 5.78 Å². The van der Waals surface area contributed by atoms with E-state index < -0.39 is 0 Å². The van der Waals surface area contributed by atoms with E-state index >= 15 is 0 Å². The normalized spacial score (nSPS) is 11.2. The van der Waals surface area contributed by atoms with Gasteiger partial charge in [0.05, 0.1) is 6.61 Å². The SMILES string of the molecule is CCOc1ccc(C(=O)C=C(C)N)cc1. The molecule has 0 saturated heterocycles. The van der Waals surface area contributed by atoms with E-state index in [9.17, 15) is 4.79 Å². The third kappa shape index (κ3) is 3.46. The van der Waals surface area contributed by atoms with Crippen LogP contribution in [0.25, 0.3) is 0 Å². The maximum atomic E-state index is 11.5. The molecule has 0 aromatic heterocycles. The van der Waals surface area contributed by atoms with Gasteiger partial charge in [-0.15, -0.1) is 0 Å². The summed E-state index contributed by atoms with van der Waals surface area (Å²) in [7, 11) is 0. The van der Waals surface area contributed by atoms with Crippen LogP contribution < -0.4 is 10.5 Å². The van der Waals surface area contributed by atoms with Crippen LogP contribution in [0.5, 0.6) is 5.75 Å². The predicted molar refractivity (Wildman–Crippen MR) is 59.9 cm³/mol. The molecule has 0 spiro atoms. The van der Waals surface area contributed by atoms with Crippen molar-refractivity contribution < 1.29 is 9.53 Å². The van der Waals surface area contributed by atoms with Crippen LogP contribution in [0.3, 0.4) is 0 Å². The summed E-state index contributed by atoms with van der Waals surface area (Å²) in [5.74, 6) is 0.681. The maximum absolute atomic E-state index is 11.5. The number of hydrogen-bond donors (Lipinski definition) is 1. The van der Waals surface area contributed by atoms with Gasteiger partial charge in [-0.3, -0.25) is 4.79 Å². The molecular weight excluding hydrogens is 190 g/mol. The van der Waals surface area contributed by atoms with Gasteiger partial charge in [-0.1, -0.05) is 0 Å². The Morgan fingerprint density at radius 1 is 1.40 bits per heavy atom. The second-order valence-corrected chi connectivity index (χ2v) is 3.21. The summed E-state index contributed by atoms with van der Waals surface area (Å²) >= 11 is 0. The van der Waals surface area contributed by atoms with Crippen molar-refractivity contribution in [2.75, 3.05) is 6.61 Å². The lowest BCUT2D eigenvalue weighted by atomic mass is 10.1. The van der Waals surface area contributed by atoms with E-state index in [0.29, 0.717) is 17.9 Å². The molecule has 0 amide bonds. The summed E-state index contributed by atoms with van der Waals surface area (Å²) in [4.78, 5) is 11.5. The predicted octanol–water partition coefficient (Wildman–Crippen LogP) is 2.13. The van der Waals surface area contributed by atoms with Crippen LogP contribution in [0, 0.1) is 0 Å². The molecule has 0 unspecified atom stereocenters. The Morgan fingerprint density at radius 3 is 2.47 bits per heavy atom. The van der Waals surface area contributed by atoms with Crippen molar-refractivity contribution in [3.05, 3.63) is 41.6 Å². The molecular formula is C12H15NO2. The first-order chi connectivity index (χ1) is 7.13. The Labute approximate surface area is 89.5 Å². The quantitative estimate of drug-likeness (QED) is 0.605. The van der Waals surface area contributed by atoms with E-state index in [4.69, 9.17) is 10.5 Å². The van der Waals surface area contributed by atoms with E-state index in [2.05, 4.69) is 0 Å². The minimum atomic E-state index is -0.0851. The van der Waals surface area contributed by atoms with Crippen LogP contribution in [-0.4, -0.2) is 12.4 Å². The molecule has 1 aromatic rings. The molecule has 0 aliphatic carbocycles. The first kappa shape index (κ1) is 11.3. The molecule has 2 N–H and O–H groups in total. The van der Waals surface area contributed by atoms with Crippen molar-refractivity contribution >= 4 is 5.78 Å². The van der Waals surface area contributed by atoms with Gasteiger partial charge in [-0.2, -0.15) is 0 Å². The minimum Gasteiger partial charge on any atom is -0.494 e. The highest BCUT2D eigenvalue weighted by Gasteiger charge is 2.02. The molecule has 3 nitrogen and oxygen atoms in total. The van der Waals surface area contributed by atoms with E-state index in [1.54, 1.807) is 31.2 Å². The molecule has 0 saturated carbocycles. The monoisotopic (exact) mass is 205 g/mol. The van der Waals surface area contributed by atoms with E-state index in [0.717, 1.165) is 5.75 Å². The Hall–Kier alpha value is -1.77. The zero-order valence-electron chi connectivity index (χ0n) is 8.99. The van der Waals surface area contributed by atoms with Crippen LogP contribution in [0.15, 0.2) is 36.0 Å². The van der Waals surface area contributed by atoms with Crippen LogP contribution in [0.1, 0.15) is 24.2 Å². The smallest absolute Gasteiger partial charge is 0.187 e. The number of ketones is 1. The average molecular weight is 205 g/mol. The fourth-order valence-corrected chi connectivity index (χ4v) is 1.17. The van der Waals surface area contributed by atoms with Crippen molar-refractivity contribution in [2.45, 2.75) is 13.8 Å². The number of allylic oxidation sites excluding steroid dienone is 2. The van der Waals surface area contributed by atoms with Gasteiger partial charge >= 0.3 is 0 Å². The van der Waals surface area contributed by atoms with Gasteiger partial charge in [0.25, 0.3) is 0 Å². The zero-order valence-corrected chi connectivity index (χ0v) is 8.99. The maximum Gasteiger partial charge on any atom is 0.187 e. The van der Waals surface area contributed by atoms with E-state index in [-0.39, 0.29) is 5.78 Å². The Morgan fingerprint density at radius 2 is 2.00 bits per heavy atom. The van der Waals surface area contributed by atoms with Crippen molar-refractivity contribution in [1.29, 1.82) is 0 Å². The zero-order chi connectivity index (χ0) is 11.3. The lowest BCUT2D eigenvalue weighted by Crippen LogP contribution is -2.00. The second-order valence-electron chi connectivity index (χ2n) is 3.21. The number of carbonyl (C=O) groups is 1. The summed E-state index contributed by atoms with van der Waals surface area (Å²) in [6, 6.07) is 7.01. The van der Waals surface area contributed by atoms with E-state index in [1.165, 1.54) is 6.08 Å². The van der Waals surface area contributed by atoms with Gasteiger partial charge in [0.1, 0.15) is 5.75 Å². The van der Waals surface area contributed by atoms with Crippen molar-refractivity contribution in [3.63, 3.8) is 0 Å². The minimum absolute atomic E-state index is 0.0851. The number of hydrogen-bond acceptors (Lipinski definition) is 3. The van der Waals surface area contributed by atoms with E-state index in [1.807, 2.05) is 6.92 Å². The third-order valence-corrected chi connectivity index (χ3v) is 1.81. The largest absolute Gasteiger partial charge is 0.494 e. The van der Waals surface area contributed by atoms with Crippen LogP contribution in [0.4, 0.5) is 0 Å². The second kappa shape index (κ2) is 5.20.